The fourth-order valence-electron chi connectivity index (χ4n) is 2.35. The molecule has 108 valence electrons. The van der Waals surface area contributed by atoms with Gasteiger partial charge in [-0.3, -0.25) is 9.59 Å². The zero-order chi connectivity index (χ0) is 14.9. The summed E-state index contributed by atoms with van der Waals surface area (Å²) in [5, 5.41) is 12.4. The smallest absolute Gasteiger partial charge is 0.307 e. The van der Waals surface area contributed by atoms with Gasteiger partial charge in [0.05, 0.1) is 17.9 Å². The van der Waals surface area contributed by atoms with Crippen LogP contribution in [0, 0.1) is 17.8 Å². The summed E-state index contributed by atoms with van der Waals surface area (Å²) in [5.74, 6) is -1.87. The second-order valence-corrected chi connectivity index (χ2v) is 5.95. The first-order valence-corrected chi connectivity index (χ1v) is 7.07. The highest BCUT2D eigenvalue weighted by atomic mass is 35.5. The maximum Gasteiger partial charge on any atom is 0.307 e. The Morgan fingerprint density at radius 2 is 1.95 bits per heavy atom. The molecule has 0 aliphatic heterocycles. The summed E-state index contributed by atoms with van der Waals surface area (Å²) in [6.07, 6.45) is 0.425. The van der Waals surface area contributed by atoms with Crippen LogP contribution in [0.1, 0.15) is 31.9 Å². The highest BCUT2D eigenvalue weighted by Gasteiger charge is 2.48. The number of carboxylic acid groups (broad SMARTS) is 1. The Morgan fingerprint density at radius 1 is 1.30 bits per heavy atom. The molecule has 0 aromatic heterocycles. The minimum atomic E-state index is -0.899. The number of hydrogen-bond acceptors (Lipinski definition) is 2. The second kappa shape index (κ2) is 5.83. The average Bonchev–Trinajstić information content (AvgIpc) is 3.16. The van der Waals surface area contributed by atoms with Crippen LogP contribution in [0.15, 0.2) is 24.3 Å². The molecule has 1 amide bonds. The maximum absolute atomic E-state index is 12.1. The summed E-state index contributed by atoms with van der Waals surface area (Å²) >= 11 is 6.18. The molecule has 4 nitrogen and oxygen atoms in total. The van der Waals surface area contributed by atoms with Gasteiger partial charge in [-0.2, -0.15) is 0 Å². The fourth-order valence-corrected chi connectivity index (χ4v) is 2.60. The Kier molecular flexibility index (Phi) is 4.33. The molecule has 0 spiro atoms. The van der Waals surface area contributed by atoms with Crippen LogP contribution in [0.2, 0.25) is 5.02 Å². The molecule has 1 aromatic rings. The third kappa shape index (κ3) is 3.12. The zero-order valence-electron chi connectivity index (χ0n) is 11.5. The number of benzene rings is 1. The molecule has 1 fully saturated rings. The van der Waals surface area contributed by atoms with Crippen molar-refractivity contribution < 1.29 is 14.7 Å². The molecule has 1 aromatic carbocycles. The lowest BCUT2D eigenvalue weighted by Gasteiger charge is -2.24. The Morgan fingerprint density at radius 3 is 2.45 bits per heavy atom. The van der Waals surface area contributed by atoms with Crippen LogP contribution in [0.4, 0.5) is 0 Å². The fraction of sp³-hybridized carbons (Fsp3) is 0.467. The monoisotopic (exact) mass is 295 g/mol. The van der Waals surface area contributed by atoms with Crippen LogP contribution in [0.3, 0.4) is 0 Å². The van der Waals surface area contributed by atoms with Gasteiger partial charge in [-0.15, -0.1) is 0 Å². The first kappa shape index (κ1) is 14.9. The zero-order valence-corrected chi connectivity index (χ0v) is 12.2. The molecule has 3 unspecified atom stereocenters. The lowest BCUT2D eigenvalue weighted by Crippen LogP contribution is -2.33. The van der Waals surface area contributed by atoms with Crippen molar-refractivity contribution in [3.8, 4) is 0 Å². The normalized spacial score (nSPS) is 22.4. The molecule has 0 radical (unpaired) electrons. The van der Waals surface area contributed by atoms with Gasteiger partial charge in [0.1, 0.15) is 0 Å². The number of amides is 1. The van der Waals surface area contributed by atoms with Gasteiger partial charge in [0.2, 0.25) is 5.91 Å². The number of hydrogen-bond donors (Lipinski definition) is 2. The lowest BCUT2D eigenvalue weighted by atomic mass is 9.95. The van der Waals surface area contributed by atoms with Crippen molar-refractivity contribution in [3.63, 3.8) is 0 Å². The minimum Gasteiger partial charge on any atom is -0.481 e. The van der Waals surface area contributed by atoms with Crippen molar-refractivity contribution in [2.75, 3.05) is 0 Å². The van der Waals surface area contributed by atoms with E-state index >= 15 is 0 Å². The molecular weight excluding hydrogens is 278 g/mol. The average molecular weight is 296 g/mol. The molecule has 2 N–H and O–H groups in total. The molecule has 0 saturated heterocycles. The van der Waals surface area contributed by atoms with Crippen LogP contribution >= 0.6 is 11.6 Å². The molecule has 20 heavy (non-hydrogen) atoms. The number of carboxylic acids is 1. The molecule has 1 saturated carbocycles. The molecule has 5 heteroatoms. The van der Waals surface area contributed by atoms with E-state index in [9.17, 15) is 9.59 Å². The number of halogens is 1. The van der Waals surface area contributed by atoms with Crippen LogP contribution in [-0.4, -0.2) is 17.0 Å². The maximum atomic E-state index is 12.1. The van der Waals surface area contributed by atoms with Crippen molar-refractivity contribution in [1.29, 1.82) is 0 Å². The largest absolute Gasteiger partial charge is 0.481 e. The standard InChI is InChI=1S/C15H18ClNO3/c1-8(2)13(9-5-3-4-6-12(9)16)17-14(18)10-7-11(10)15(19)20/h3-6,8,10-11,13H,7H2,1-2H3,(H,17,18)(H,19,20). The lowest BCUT2D eigenvalue weighted by molar-refractivity contribution is -0.140. The number of nitrogens with one attached hydrogen (secondary N) is 1. The van der Waals surface area contributed by atoms with Crippen LogP contribution < -0.4 is 5.32 Å². The number of aliphatic carboxylic acids is 1. The van der Waals surface area contributed by atoms with E-state index in [1.165, 1.54) is 0 Å². The summed E-state index contributed by atoms with van der Waals surface area (Å²) in [5.41, 5.74) is 0.866. The highest BCUT2D eigenvalue weighted by Crippen LogP contribution is 2.39. The number of carbonyl (C=O) groups excluding carboxylic acids is 1. The molecule has 0 heterocycles. The molecule has 3 atom stereocenters. The Bertz CT molecular complexity index is 530. The van der Waals surface area contributed by atoms with Crippen molar-refractivity contribution in [2.24, 2.45) is 17.8 Å². The second-order valence-electron chi connectivity index (χ2n) is 5.54. The third-order valence-corrected chi connectivity index (χ3v) is 3.99. The Labute approximate surface area is 123 Å². The van der Waals surface area contributed by atoms with E-state index in [-0.39, 0.29) is 17.9 Å². The third-order valence-electron chi connectivity index (χ3n) is 3.65. The van der Waals surface area contributed by atoms with Gasteiger partial charge >= 0.3 is 5.97 Å². The van der Waals surface area contributed by atoms with E-state index < -0.39 is 17.8 Å². The van der Waals surface area contributed by atoms with Gasteiger partial charge in [0.15, 0.2) is 0 Å². The topological polar surface area (TPSA) is 66.4 Å². The Hall–Kier alpha value is -1.55. The van der Waals surface area contributed by atoms with Gasteiger partial charge in [-0.05, 0) is 24.0 Å². The van der Waals surface area contributed by atoms with Crippen molar-refractivity contribution in [3.05, 3.63) is 34.9 Å². The van der Waals surface area contributed by atoms with E-state index in [1.54, 1.807) is 6.07 Å². The van der Waals surface area contributed by atoms with E-state index in [0.29, 0.717) is 11.4 Å². The van der Waals surface area contributed by atoms with Crippen LogP contribution in [0.25, 0.3) is 0 Å². The first-order valence-electron chi connectivity index (χ1n) is 6.69. The molecule has 2 rings (SSSR count). The van der Waals surface area contributed by atoms with Gasteiger partial charge in [0, 0.05) is 5.02 Å². The quantitative estimate of drug-likeness (QED) is 0.878. The van der Waals surface area contributed by atoms with E-state index in [0.717, 1.165) is 5.56 Å². The van der Waals surface area contributed by atoms with Gasteiger partial charge in [0.25, 0.3) is 0 Å². The van der Waals surface area contributed by atoms with Crippen molar-refractivity contribution in [2.45, 2.75) is 26.3 Å². The van der Waals surface area contributed by atoms with Gasteiger partial charge in [-0.1, -0.05) is 43.6 Å². The van der Waals surface area contributed by atoms with Gasteiger partial charge < -0.3 is 10.4 Å². The first-order chi connectivity index (χ1) is 9.41. The highest BCUT2D eigenvalue weighted by molar-refractivity contribution is 6.31. The molecule has 0 bridgehead atoms. The van der Waals surface area contributed by atoms with E-state index in [1.807, 2.05) is 32.0 Å². The number of carbonyl (C=O) groups is 2. The summed E-state index contributed by atoms with van der Waals surface area (Å²) in [6.45, 7) is 3.99. The van der Waals surface area contributed by atoms with Crippen LogP contribution in [0.5, 0.6) is 0 Å². The summed E-state index contributed by atoms with van der Waals surface area (Å²) in [6, 6.07) is 7.18. The van der Waals surface area contributed by atoms with Crippen LogP contribution in [-0.2, 0) is 9.59 Å². The molecule has 1 aliphatic rings. The predicted octanol–water partition coefficient (Wildman–Crippen LogP) is 2.87. The summed E-state index contributed by atoms with van der Waals surface area (Å²) < 4.78 is 0. The Balaban J connectivity index is 2.10. The molecule has 1 aliphatic carbocycles. The predicted molar refractivity (Wildman–Crippen MR) is 76.4 cm³/mol. The number of rotatable bonds is 5. The van der Waals surface area contributed by atoms with Crippen molar-refractivity contribution in [1.82, 2.24) is 5.32 Å². The summed E-state index contributed by atoms with van der Waals surface area (Å²) in [7, 11) is 0. The SMILES string of the molecule is CC(C)C(NC(=O)C1CC1C(=O)O)c1ccccc1Cl. The minimum absolute atomic E-state index is 0.167. The molecular formula is C15H18ClNO3. The van der Waals surface area contributed by atoms with Gasteiger partial charge in [-0.25, -0.2) is 0 Å². The van der Waals surface area contributed by atoms with Crippen molar-refractivity contribution >= 4 is 23.5 Å². The van der Waals surface area contributed by atoms with E-state index in [4.69, 9.17) is 16.7 Å². The summed E-state index contributed by atoms with van der Waals surface area (Å²) in [4.78, 5) is 22.9. The van der Waals surface area contributed by atoms with E-state index in [2.05, 4.69) is 5.32 Å².